The van der Waals surface area contributed by atoms with Gasteiger partial charge in [-0.25, -0.2) is 4.90 Å². The first kappa shape index (κ1) is 24.0. The van der Waals surface area contributed by atoms with Crippen LogP contribution in [0, 0.1) is 16.7 Å². The van der Waals surface area contributed by atoms with Crippen molar-refractivity contribution in [1.82, 2.24) is 24.8 Å². The summed E-state index contributed by atoms with van der Waals surface area (Å²) in [7, 11) is -0.229. The highest BCUT2D eigenvalue weighted by molar-refractivity contribution is 7.19. The molecule has 5 heterocycles. The van der Waals surface area contributed by atoms with Crippen molar-refractivity contribution >= 4 is 50.3 Å². The van der Waals surface area contributed by atoms with E-state index in [0.717, 1.165) is 63.1 Å². The van der Waals surface area contributed by atoms with Gasteiger partial charge in [-0.1, -0.05) is 11.6 Å². The molecule has 1 fully saturated rings. The van der Waals surface area contributed by atoms with Crippen molar-refractivity contribution in [2.45, 2.75) is 38.5 Å². The summed E-state index contributed by atoms with van der Waals surface area (Å²) >= 11 is 8.14. The Morgan fingerprint density at radius 1 is 1.26 bits per heavy atom. The van der Waals surface area contributed by atoms with E-state index in [1.165, 1.54) is 27.5 Å². The third-order valence-electron chi connectivity index (χ3n) is 7.44. The topological polar surface area (TPSA) is 113 Å². The number of hydrazone groups is 1. The van der Waals surface area contributed by atoms with Gasteiger partial charge in [-0.2, -0.15) is 10.4 Å². The maximum Gasteiger partial charge on any atom is 0.204 e. The van der Waals surface area contributed by atoms with Crippen LogP contribution < -0.4 is 5.32 Å². The van der Waals surface area contributed by atoms with Gasteiger partial charge in [0.25, 0.3) is 0 Å². The lowest BCUT2D eigenvalue weighted by Gasteiger charge is -2.37. The van der Waals surface area contributed by atoms with Crippen LogP contribution in [0.3, 0.4) is 0 Å². The number of halogens is 1. The van der Waals surface area contributed by atoms with E-state index in [4.69, 9.17) is 13.0 Å². The second kappa shape index (κ2) is 9.93. The van der Waals surface area contributed by atoms with Gasteiger partial charge in [0.1, 0.15) is 6.23 Å². The predicted molar refractivity (Wildman–Crippen MR) is 150 cm³/mol. The number of hydrogen-bond donors (Lipinski definition) is 3. The lowest BCUT2D eigenvalue weighted by Crippen LogP contribution is -2.53. The summed E-state index contributed by atoms with van der Waals surface area (Å²) in [6, 6.07) is 12.5. The van der Waals surface area contributed by atoms with Gasteiger partial charge in [0, 0.05) is 60.3 Å². The molecule has 1 saturated heterocycles. The molecule has 0 spiro atoms. The summed E-state index contributed by atoms with van der Waals surface area (Å²) in [5.41, 5.74) is 3.35. The number of fused-ring (bicyclic) bond motifs is 2. The zero-order valence-electron chi connectivity index (χ0n) is 21.6. The highest BCUT2D eigenvalue weighted by atomic mass is 35.5. The fourth-order valence-corrected chi connectivity index (χ4v) is 6.79. The van der Waals surface area contributed by atoms with Crippen LogP contribution in [0.4, 0.5) is 0 Å². The molecule has 4 aromatic rings. The fraction of sp³-hybridized carbons (Fsp3) is 0.370. The summed E-state index contributed by atoms with van der Waals surface area (Å²) in [4.78, 5) is 6.96. The first-order valence-corrected chi connectivity index (χ1v) is 13.6. The van der Waals surface area contributed by atoms with E-state index in [2.05, 4.69) is 26.0 Å². The van der Waals surface area contributed by atoms with Crippen LogP contribution in [0.25, 0.3) is 32.2 Å². The number of piperidine rings is 1. The number of nitrogens with zero attached hydrogens (tertiary/aromatic N) is 6. The predicted octanol–water partition coefficient (Wildman–Crippen LogP) is 3.79. The average molecular weight is 551 g/mol. The van der Waals surface area contributed by atoms with E-state index < -0.39 is 18.0 Å². The molecule has 2 aliphatic rings. The van der Waals surface area contributed by atoms with Gasteiger partial charge >= 0.3 is 0 Å². The first-order valence-electron chi connectivity index (χ1n) is 13.1. The number of aliphatic hydroxyl groups is 2. The molecule has 2 atom stereocenters. The summed E-state index contributed by atoms with van der Waals surface area (Å²) in [5.74, 6) is 0. The molecule has 3 aromatic heterocycles. The standard InChI is InChI=1S/C27H28ClN7O2S/c1-33-26(37)35(23(36)13-32-33)14-19-12-22-25(38-19)20(2-6-31-22)21-11-18(28)10-17-3-9-34(24(17)21)16-27(15-29)4-7-30-8-5-27/h2-3,6,9-13,23,26,30,36-37H,4-5,7-8,14,16H2,1H3/i1D. The number of aliphatic hydroxyl groups excluding tert-OH is 2. The minimum Gasteiger partial charge on any atom is -0.373 e. The Kier molecular flexibility index (Phi) is 6.28. The molecule has 3 N–H and O–H groups in total. The van der Waals surface area contributed by atoms with Gasteiger partial charge in [-0.05, 0) is 56.3 Å². The number of aromatic nitrogens is 2. The third-order valence-corrected chi connectivity index (χ3v) is 8.80. The van der Waals surface area contributed by atoms with Crippen LogP contribution >= 0.6 is 22.9 Å². The Balaban J connectivity index is 1.41. The molecule has 9 nitrogen and oxygen atoms in total. The smallest absolute Gasteiger partial charge is 0.204 e. The Labute approximate surface area is 230 Å². The molecular formula is C27H28ClN7O2S. The van der Waals surface area contributed by atoms with E-state index >= 15 is 0 Å². The average Bonchev–Trinajstić information content (AvgIpc) is 3.54. The minimum atomic E-state index is -1.21. The van der Waals surface area contributed by atoms with Crippen LogP contribution in [0.5, 0.6) is 0 Å². The molecule has 0 amide bonds. The van der Waals surface area contributed by atoms with Crippen molar-refractivity contribution in [1.29, 1.82) is 5.26 Å². The van der Waals surface area contributed by atoms with E-state index in [-0.39, 0.29) is 13.6 Å². The van der Waals surface area contributed by atoms with Gasteiger partial charge in [0.05, 0.1) is 33.4 Å². The molecule has 11 heteroatoms. The quantitative estimate of drug-likeness (QED) is 0.346. The summed E-state index contributed by atoms with van der Waals surface area (Å²) < 4.78 is 10.7. The molecule has 0 aliphatic carbocycles. The Bertz CT molecular complexity index is 1590. The molecule has 2 aliphatic heterocycles. The molecule has 196 valence electrons. The molecule has 1 aromatic carbocycles. The number of nitrogens with one attached hydrogen (secondary N) is 1. The van der Waals surface area contributed by atoms with Crippen molar-refractivity contribution in [2.24, 2.45) is 10.5 Å². The van der Waals surface area contributed by atoms with Crippen LogP contribution in [0.2, 0.25) is 5.02 Å². The molecular weight excluding hydrogens is 522 g/mol. The SMILES string of the molecule is [2H]CN1N=CC(O)N(Cc2cc3nccc(-c4cc(Cl)cc5ccn(CC6(C#N)CCNCC6)c45)c3s2)C1O. The Hall–Kier alpha value is -3.04. The summed E-state index contributed by atoms with van der Waals surface area (Å²) in [6.07, 6.45) is 4.45. The lowest BCUT2D eigenvalue weighted by atomic mass is 9.80. The van der Waals surface area contributed by atoms with Gasteiger partial charge < -0.3 is 20.1 Å². The van der Waals surface area contributed by atoms with Crippen molar-refractivity contribution in [2.75, 3.05) is 20.1 Å². The van der Waals surface area contributed by atoms with Crippen molar-refractivity contribution in [3.63, 3.8) is 0 Å². The van der Waals surface area contributed by atoms with E-state index in [9.17, 15) is 15.5 Å². The largest absolute Gasteiger partial charge is 0.373 e. The number of hydrogen-bond acceptors (Lipinski definition) is 9. The summed E-state index contributed by atoms with van der Waals surface area (Å²) in [5, 5.41) is 41.3. The lowest BCUT2D eigenvalue weighted by molar-refractivity contribution is -0.159. The van der Waals surface area contributed by atoms with Gasteiger partial charge in [-0.15, -0.1) is 11.3 Å². The van der Waals surface area contributed by atoms with Crippen molar-refractivity contribution in [3.05, 3.63) is 52.6 Å². The third kappa shape index (κ3) is 4.45. The van der Waals surface area contributed by atoms with E-state index in [1.807, 2.05) is 36.5 Å². The highest BCUT2D eigenvalue weighted by Crippen LogP contribution is 2.41. The molecule has 38 heavy (non-hydrogen) atoms. The van der Waals surface area contributed by atoms with Crippen molar-refractivity contribution in [3.8, 4) is 17.2 Å². The van der Waals surface area contributed by atoms with E-state index in [1.54, 1.807) is 6.20 Å². The van der Waals surface area contributed by atoms with E-state index in [0.29, 0.717) is 11.6 Å². The number of thiophene rings is 1. The zero-order chi connectivity index (χ0) is 27.1. The van der Waals surface area contributed by atoms with Gasteiger partial charge in [0.2, 0.25) is 6.35 Å². The van der Waals surface area contributed by atoms with Crippen LogP contribution in [-0.2, 0) is 13.1 Å². The minimum absolute atomic E-state index is 0.229. The molecule has 6 rings (SSSR count). The van der Waals surface area contributed by atoms with Gasteiger partial charge in [-0.3, -0.25) is 9.99 Å². The highest BCUT2D eigenvalue weighted by Gasteiger charge is 2.33. The monoisotopic (exact) mass is 550 g/mol. The van der Waals surface area contributed by atoms with Gasteiger partial charge in [0.15, 0.2) is 0 Å². The fourth-order valence-electron chi connectivity index (χ4n) is 5.42. The number of rotatable bonds is 5. The second-order valence-electron chi connectivity index (χ2n) is 9.90. The molecule has 0 saturated carbocycles. The Morgan fingerprint density at radius 3 is 2.89 bits per heavy atom. The molecule has 0 bridgehead atoms. The normalized spacial score (nSPS) is 22.2. The van der Waals surface area contributed by atoms with Crippen LogP contribution in [-0.4, -0.2) is 68.6 Å². The zero-order valence-corrected chi connectivity index (χ0v) is 22.2. The summed E-state index contributed by atoms with van der Waals surface area (Å²) in [6.45, 7) is 2.53. The number of nitriles is 1. The van der Waals surface area contributed by atoms with Crippen LogP contribution in [0.1, 0.15) is 19.1 Å². The maximum atomic E-state index is 10.6. The number of pyridine rings is 1. The van der Waals surface area contributed by atoms with Crippen LogP contribution in [0.15, 0.2) is 47.8 Å². The Morgan fingerprint density at radius 2 is 2.11 bits per heavy atom. The first-order chi connectivity index (χ1) is 18.9. The maximum absolute atomic E-state index is 10.6. The molecule has 2 unspecified atom stereocenters. The second-order valence-corrected chi connectivity index (χ2v) is 11.5. The molecule has 0 radical (unpaired) electrons. The number of benzene rings is 1. The van der Waals surface area contributed by atoms with Crippen molar-refractivity contribution < 1.29 is 11.6 Å².